The number of aromatic nitrogens is 2. The fourth-order valence-electron chi connectivity index (χ4n) is 1.27. The predicted molar refractivity (Wildman–Crippen MR) is 56.3 cm³/mol. The summed E-state index contributed by atoms with van der Waals surface area (Å²) in [5.41, 5.74) is 2.10. The quantitative estimate of drug-likeness (QED) is 0.752. The van der Waals surface area contributed by atoms with E-state index < -0.39 is 0 Å². The molecule has 2 aromatic rings. The van der Waals surface area contributed by atoms with Gasteiger partial charge in [0.05, 0.1) is 16.9 Å². The molecule has 0 amide bonds. The zero-order valence-electron chi connectivity index (χ0n) is 7.52. The van der Waals surface area contributed by atoms with E-state index in [9.17, 15) is 0 Å². The minimum Gasteiger partial charge on any atom is -0.157 e. The fourth-order valence-corrected chi connectivity index (χ4v) is 1.44. The number of benzene rings is 1. The van der Waals surface area contributed by atoms with Crippen molar-refractivity contribution in [1.82, 2.24) is 10.2 Å². The van der Waals surface area contributed by atoms with Gasteiger partial charge in [0.25, 0.3) is 0 Å². The van der Waals surface area contributed by atoms with E-state index in [0.717, 1.165) is 12.1 Å². The standard InChI is InChI=1S/C11H9ClN2/c12-10-7-11(14-13-8-10)6-9-4-2-1-3-5-9/h1-5,7-8H,6H2. The lowest BCUT2D eigenvalue weighted by Crippen LogP contribution is -1.93. The van der Waals surface area contributed by atoms with Crippen molar-refractivity contribution in [2.24, 2.45) is 0 Å². The molecule has 0 atom stereocenters. The third-order valence-corrected chi connectivity index (χ3v) is 2.11. The van der Waals surface area contributed by atoms with Gasteiger partial charge in [-0.2, -0.15) is 10.2 Å². The molecule has 0 radical (unpaired) electrons. The summed E-state index contributed by atoms with van der Waals surface area (Å²) in [4.78, 5) is 0. The van der Waals surface area contributed by atoms with Gasteiger partial charge in [-0.25, -0.2) is 0 Å². The molecule has 0 unspecified atom stereocenters. The van der Waals surface area contributed by atoms with Crippen molar-refractivity contribution >= 4 is 11.6 Å². The highest BCUT2D eigenvalue weighted by molar-refractivity contribution is 6.30. The van der Waals surface area contributed by atoms with E-state index in [0.29, 0.717) is 5.02 Å². The number of hydrogen-bond donors (Lipinski definition) is 0. The topological polar surface area (TPSA) is 25.8 Å². The van der Waals surface area contributed by atoms with E-state index in [1.807, 2.05) is 24.3 Å². The molecule has 0 bridgehead atoms. The lowest BCUT2D eigenvalue weighted by atomic mass is 10.1. The highest BCUT2D eigenvalue weighted by Crippen LogP contribution is 2.10. The van der Waals surface area contributed by atoms with Gasteiger partial charge in [0.1, 0.15) is 0 Å². The van der Waals surface area contributed by atoms with Gasteiger partial charge in [-0.1, -0.05) is 41.9 Å². The van der Waals surface area contributed by atoms with Crippen LogP contribution in [0.2, 0.25) is 5.02 Å². The first-order valence-electron chi connectivity index (χ1n) is 4.35. The van der Waals surface area contributed by atoms with E-state index in [1.54, 1.807) is 0 Å². The molecule has 0 spiro atoms. The van der Waals surface area contributed by atoms with Crippen LogP contribution in [0.15, 0.2) is 42.6 Å². The molecule has 2 rings (SSSR count). The van der Waals surface area contributed by atoms with Gasteiger partial charge < -0.3 is 0 Å². The summed E-state index contributed by atoms with van der Waals surface area (Å²) in [6, 6.07) is 12.0. The minimum absolute atomic E-state index is 0.630. The van der Waals surface area contributed by atoms with Crippen LogP contribution in [-0.2, 0) is 6.42 Å². The lowest BCUT2D eigenvalue weighted by molar-refractivity contribution is 0.937. The van der Waals surface area contributed by atoms with Crippen LogP contribution in [0.1, 0.15) is 11.3 Å². The second-order valence-corrected chi connectivity index (χ2v) is 3.46. The molecule has 1 heterocycles. The third kappa shape index (κ3) is 2.30. The molecule has 0 fully saturated rings. The molecular weight excluding hydrogens is 196 g/mol. The average Bonchev–Trinajstić information content (AvgIpc) is 2.19. The molecule has 0 N–H and O–H groups in total. The van der Waals surface area contributed by atoms with Crippen molar-refractivity contribution in [3.8, 4) is 0 Å². The Morgan fingerprint density at radius 1 is 1.14 bits per heavy atom. The average molecular weight is 205 g/mol. The molecule has 0 aliphatic carbocycles. The molecule has 0 aliphatic heterocycles. The zero-order chi connectivity index (χ0) is 9.80. The maximum Gasteiger partial charge on any atom is 0.0689 e. The largest absolute Gasteiger partial charge is 0.157 e. The highest BCUT2D eigenvalue weighted by atomic mass is 35.5. The summed E-state index contributed by atoms with van der Waals surface area (Å²) in [7, 11) is 0. The summed E-state index contributed by atoms with van der Waals surface area (Å²) < 4.78 is 0. The van der Waals surface area contributed by atoms with Crippen LogP contribution in [0.5, 0.6) is 0 Å². The Bertz CT molecular complexity index is 415. The molecule has 1 aromatic heterocycles. The van der Waals surface area contributed by atoms with E-state index in [-0.39, 0.29) is 0 Å². The van der Waals surface area contributed by atoms with Crippen LogP contribution in [-0.4, -0.2) is 10.2 Å². The van der Waals surface area contributed by atoms with Gasteiger partial charge >= 0.3 is 0 Å². The van der Waals surface area contributed by atoms with Crippen LogP contribution in [0.25, 0.3) is 0 Å². The number of halogens is 1. The number of nitrogens with zero attached hydrogens (tertiary/aromatic N) is 2. The van der Waals surface area contributed by atoms with Crippen molar-refractivity contribution in [1.29, 1.82) is 0 Å². The van der Waals surface area contributed by atoms with Gasteiger partial charge in [-0.3, -0.25) is 0 Å². The molecule has 0 saturated carbocycles. The monoisotopic (exact) mass is 204 g/mol. The number of rotatable bonds is 2. The molecule has 14 heavy (non-hydrogen) atoms. The van der Waals surface area contributed by atoms with E-state index in [2.05, 4.69) is 22.3 Å². The lowest BCUT2D eigenvalue weighted by Gasteiger charge is -1.99. The maximum atomic E-state index is 5.81. The van der Waals surface area contributed by atoms with Gasteiger partial charge in [0.15, 0.2) is 0 Å². The van der Waals surface area contributed by atoms with Crippen LogP contribution < -0.4 is 0 Å². The van der Waals surface area contributed by atoms with Gasteiger partial charge in [-0.15, -0.1) is 0 Å². The van der Waals surface area contributed by atoms with Crippen molar-refractivity contribution in [2.45, 2.75) is 6.42 Å². The zero-order valence-corrected chi connectivity index (χ0v) is 8.28. The third-order valence-electron chi connectivity index (χ3n) is 1.90. The van der Waals surface area contributed by atoms with Crippen molar-refractivity contribution in [2.75, 3.05) is 0 Å². The normalized spacial score (nSPS) is 10.1. The smallest absolute Gasteiger partial charge is 0.0689 e. The van der Waals surface area contributed by atoms with E-state index in [4.69, 9.17) is 11.6 Å². The Kier molecular flexibility index (Phi) is 2.75. The number of hydrogen-bond acceptors (Lipinski definition) is 2. The van der Waals surface area contributed by atoms with E-state index >= 15 is 0 Å². The fraction of sp³-hybridized carbons (Fsp3) is 0.0909. The molecular formula is C11H9ClN2. The highest BCUT2D eigenvalue weighted by Gasteiger charge is 1.98. The summed E-state index contributed by atoms with van der Waals surface area (Å²) in [5.74, 6) is 0. The Labute approximate surface area is 87.6 Å². The molecule has 1 aromatic carbocycles. The molecule has 3 heteroatoms. The second kappa shape index (κ2) is 4.20. The van der Waals surface area contributed by atoms with Gasteiger partial charge in [-0.05, 0) is 11.6 Å². The Morgan fingerprint density at radius 3 is 2.64 bits per heavy atom. The van der Waals surface area contributed by atoms with Crippen LogP contribution in [0.3, 0.4) is 0 Å². The minimum atomic E-state index is 0.630. The Morgan fingerprint density at radius 2 is 1.93 bits per heavy atom. The first kappa shape index (κ1) is 9.16. The van der Waals surface area contributed by atoms with Crippen molar-refractivity contribution in [3.63, 3.8) is 0 Å². The first-order chi connectivity index (χ1) is 6.84. The van der Waals surface area contributed by atoms with Crippen molar-refractivity contribution < 1.29 is 0 Å². The first-order valence-corrected chi connectivity index (χ1v) is 4.73. The van der Waals surface area contributed by atoms with Crippen LogP contribution >= 0.6 is 11.6 Å². The summed E-state index contributed by atoms with van der Waals surface area (Å²) in [5, 5.41) is 8.43. The molecule has 0 saturated heterocycles. The molecule has 0 aliphatic rings. The second-order valence-electron chi connectivity index (χ2n) is 3.03. The van der Waals surface area contributed by atoms with Gasteiger partial charge in [0, 0.05) is 6.42 Å². The SMILES string of the molecule is Clc1cnnc(Cc2ccccc2)c1. The summed E-state index contributed by atoms with van der Waals surface area (Å²) >= 11 is 5.81. The van der Waals surface area contributed by atoms with Crippen LogP contribution in [0.4, 0.5) is 0 Å². The van der Waals surface area contributed by atoms with E-state index in [1.165, 1.54) is 11.8 Å². The summed E-state index contributed by atoms with van der Waals surface area (Å²) in [6.07, 6.45) is 2.31. The van der Waals surface area contributed by atoms with Gasteiger partial charge in [0.2, 0.25) is 0 Å². The maximum absolute atomic E-state index is 5.81. The Balaban J connectivity index is 2.19. The summed E-state index contributed by atoms with van der Waals surface area (Å²) in [6.45, 7) is 0. The van der Waals surface area contributed by atoms with Crippen molar-refractivity contribution in [3.05, 3.63) is 58.9 Å². The molecule has 2 nitrogen and oxygen atoms in total. The molecule has 70 valence electrons. The predicted octanol–water partition coefficient (Wildman–Crippen LogP) is 2.72. The van der Waals surface area contributed by atoms with Crippen LogP contribution in [0, 0.1) is 0 Å². The Hall–Kier alpha value is -1.41.